The quantitative estimate of drug-likeness (QED) is 0.0663. The largest absolute Gasteiger partial charge is 0.456 e. The van der Waals surface area contributed by atoms with Crippen LogP contribution in [-0.4, -0.2) is 47.6 Å². The number of benzene rings is 4. The van der Waals surface area contributed by atoms with Gasteiger partial charge in [0, 0.05) is 5.56 Å². The van der Waals surface area contributed by atoms with Crippen LogP contribution in [0.1, 0.15) is 43.0 Å². The van der Waals surface area contributed by atoms with E-state index in [0.29, 0.717) is 5.02 Å². The molecule has 2 atom stereocenters. The monoisotopic (exact) mass is 795 g/mol. The molecule has 4 aromatic carbocycles. The molecule has 1 fully saturated rings. The number of ketones is 1. The Kier molecular flexibility index (Phi) is 7.90. The van der Waals surface area contributed by atoms with Crippen molar-refractivity contribution in [2.24, 2.45) is 11.8 Å². The van der Waals surface area contributed by atoms with Crippen molar-refractivity contribution in [3.8, 4) is 5.75 Å². The number of hydrogen-bond donors (Lipinski definition) is 0. The van der Waals surface area contributed by atoms with Crippen LogP contribution in [0.5, 0.6) is 5.75 Å². The van der Waals surface area contributed by atoms with Crippen LogP contribution in [0.15, 0.2) is 91.0 Å². The molecule has 2 amide bonds. The minimum Gasteiger partial charge on any atom is -0.456 e. The number of halogens is 4. The standard InChI is InChI=1S/C35H21Br2Cl2NO7/c36-34-21-5-1-2-6-22(21)35(37,24-8-4-3-7-23(24)34)30-29(34)31(43)40(32(30)44)16-28(42)46-17-27(41)18-9-12-20(13-10-18)47-33(45)19-11-14-25(38)26(39)15-19/h1-15,29-30H,16-17H2. The second kappa shape index (κ2) is 11.7. The van der Waals surface area contributed by atoms with Gasteiger partial charge in [0.05, 0.1) is 36.1 Å². The third-order valence-electron chi connectivity index (χ3n) is 8.87. The van der Waals surface area contributed by atoms with Crippen LogP contribution in [0.4, 0.5) is 0 Å². The predicted molar refractivity (Wildman–Crippen MR) is 179 cm³/mol. The third-order valence-corrected chi connectivity index (χ3v) is 12.3. The fourth-order valence-electron chi connectivity index (χ4n) is 6.78. The van der Waals surface area contributed by atoms with Crippen LogP contribution in [0.3, 0.4) is 0 Å². The molecule has 2 unspecified atom stereocenters. The average molecular weight is 798 g/mol. The Bertz CT molecular complexity index is 1910. The Morgan fingerprint density at radius 2 is 1.19 bits per heavy atom. The van der Waals surface area contributed by atoms with Gasteiger partial charge < -0.3 is 9.47 Å². The van der Waals surface area contributed by atoms with Gasteiger partial charge in [-0.2, -0.15) is 0 Å². The third kappa shape index (κ3) is 4.87. The molecular weight excluding hydrogens is 777 g/mol. The van der Waals surface area contributed by atoms with E-state index in [1.807, 2.05) is 48.5 Å². The normalized spacial score (nSPS) is 23.5. The van der Waals surface area contributed by atoms with Crippen LogP contribution in [-0.2, 0) is 27.8 Å². The zero-order valence-electron chi connectivity index (χ0n) is 24.0. The molecule has 8 nitrogen and oxygen atoms in total. The van der Waals surface area contributed by atoms with Gasteiger partial charge in [0.25, 0.3) is 0 Å². The lowest BCUT2D eigenvalue weighted by atomic mass is 9.54. The maximum atomic E-state index is 14.0. The second-order valence-electron chi connectivity index (χ2n) is 11.4. The number of alkyl halides is 2. The van der Waals surface area contributed by atoms with Gasteiger partial charge >= 0.3 is 11.9 Å². The van der Waals surface area contributed by atoms with E-state index in [9.17, 15) is 24.0 Å². The summed E-state index contributed by atoms with van der Waals surface area (Å²) in [5.41, 5.74) is 3.90. The van der Waals surface area contributed by atoms with Gasteiger partial charge in [-0.05, 0) is 64.7 Å². The molecule has 2 bridgehead atoms. The Labute approximate surface area is 295 Å². The second-order valence-corrected chi connectivity index (χ2v) is 14.7. The molecule has 3 aliphatic carbocycles. The number of hydrogen-bond acceptors (Lipinski definition) is 7. The van der Waals surface area contributed by atoms with Gasteiger partial charge in [-0.15, -0.1) is 0 Å². The molecule has 4 aliphatic rings. The SMILES string of the molecule is O=C(CN1C(=O)C2C(C1=O)C1(Br)c3ccccc3C2(Br)c2ccccc21)OCC(=O)c1ccc(OC(=O)c2ccc(Cl)c(Cl)c2)cc1. The molecule has 1 heterocycles. The lowest BCUT2D eigenvalue weighted by Gasteiger charge is -2.55. The van der Waals surface area contributed by atoms with Crippen molar-refractivity contribution in [3.05, 3.63) is 134 Å². The summed E-state index contributed by atoms with van der Waals surface area (Å²) in [6.07, 6.45) is 0. The van der Waals surface area contributed by atoms with Gasteiger partial charge in [-0.25, -0.2) is 4.79 Å². The lowest BCUT2D eigenvalue weighted by molar-refractivity contribution is -0.152. The first-order chi connectivity index (χ1) is 22.5. The molecule has 0 spiro atoms. The summed E-state index contributed by atoms with van der Waals surface area (Å²) in [6, 6.07) is 25.3. The first kappa shape index (κ1) is 31.8. The number of ether oxygens (including phenoxy) is 2. The molecular formula is C35H21Br2Cl2NO7. The minimum atomic E-state index is -0.982. The summed E-state index contributed by atoms with van der Waals surface area (Å²) in [5, 5.41) is 0.502. The molecule has 12 heteroatoms. The van der Waals surface area contributed by atoms with Crippen molar-refractivity contribution in [1.29, 1.82) is 0 Å². The molecule has 0 aromatic heterocycles. The van der Waals surface area contributed by atoms with Crippen molar-refractivity contribution in [3.63, 3.8) is 0 Å². The van der Waals surface area contributed by atoms with Crippen molar-refractivity contribution in [1.82, 2.24) is 4.90 Å². The van der Waals surface area contributed by atoms with Crippen molar-refractivity contribution >= 4 is 84.6 Å². The molecule has 1 aliphatic heterocycles. The van der Waals surface area contributed by atoms with Crippen LogP contribution < -0.4 is 4.74 Å². The highest BCUT2D eigenvalue weighted by molar-refractivity contribution is 9.10. The lowest BCUT2D eigenvalue weighted by Crippen LogP contribution is -2.56. The highest BCUT2D eigenvalue weighted by Gasteiger charge is 2.72. The number of rotatable bonds is 7. The number of imide groups is 1. The molecule has 236 valence electrons. The molecule has 47 heavy (non-hydrogen) atoms. The van der Waals surface area contributed by atoms with E-state index in [-0.39, 0.29) is 21.9 Å². The zero-order valence-corrected chi connectivity index (χ0v) is 28.7. The highest BCUT2D eigenvalue weighted by Crippen LogP contribution is 2.70. The predicted octanol–water partition coefficient (Wildman–Crippen LogP) is 6.84. The molecule has 0 saturated carbocycles. The summed E-state index contributed by atoms with van der Waals surface area (Å²) >= 11 is 19.7. The minimum absolute atomic E-state index is 0.175. The number of nitrogens with zero attached hydrogens (tertiary/aromatic N) is 1. The Morgan fingerprint density at radius 1 is 0.702 bits per heavy atom. The Balaban J connectivity index is 1.03. The van der Waals surface area contributed by atoms with Gasteiger partial charge in [-0.3, -0.25) is 24.1 Å². The van der Waals surface area contributed by atoms with Gasteiger partial charge in [0.1, 0.15) is 12.3 Å². The molecule has 4 aromatic rings. The number of esters is 2. The van der Waals surface area contributed by atoms with Crippen molar-refractivity contribution in [2.45, 2.75) is 8.65 Å². The fraction of sp³-hybridized carbons (Fsp3) is 0.171. The summed E-state index contributed by atoms with van der Waals surface area (Å²) in [4.78, 5) is 67.0. The van der Waals surface area contributed by atoms with Crippen LogP contribution >= 0.6 is 55.1 Å². The van der Waals surface area contributed by atoms with Gasteiger partial charge in [0.15, 0.2) is 12.4 Å². The summed E-state index contributed by atoms with van der Waals surface area (Å²) < 4.78 is 8.58. The van der Waals surface area contributed by atoms with Crippen LogP contribution in [0, 0.1) is 11.8 Å². The molecule has 8 rings (SSSR count). The number of likely N-dealkylation sites (tertiary alicyclic amines) is 1. The number of carbonyl (C=O) groups excluding carboxylic acids is 5. The van der Waals surface area contributed by atoms with E-state index >= 15 is 0 Å². The van der Waals surface area contributed by atoms with E-state index in [2.05, 4.69) is 31.9 Å². The molecule has 0 N–H and O–H groups in total. The number of carbonyl (C=O) groups is 5. The van der Waals surface area contributed by atoms with Crippen molar-refractivity contribution < 1.29 is 33.4 Å². The average Bonchev–Trinajstić information content (AvgIpc) is 3.33. The van der Waals surface area contributed by atoms with Gasteiger partial charge in [-0.1, -0.05) is 104 Å². The molecule has 1 saturated heterocycles. The van der Waals surface area contributed by atoms with Crippen LogP contribution in [0.25, 0.3) is 0 Å². The van der Waals surface area contributed by atoms with E-state index in [1.54, 1.807) is 0 Å². The first-order valence-electron chi connectivity index (χ1n) is 14.4. The number of amides is 2. The summed E-state index contributed by atoms with van der Waals surface area (Å²) in [7, 11) is 0. The van der Waals surface area contributed by atoms with Gasteiger partial charge in [0.2, 0.25) is 11.8 Å². The van der Waals surface area contributed by atoms with Crippen molar-refractivity contribution in [2.75, 3.05) is 13.2 Å². The van der Waals surface area contributed by atoms with E-state index in [0.717, 1.165) is 27.2 Å². The van der Waals surface area contributed by atoms with E-state index in [1.165, 1.54) is 42.5 Å². The topological polar surface area (TPSA) is 107 Å². The fourth-order valence-corrected chi connectivity index (χ4v) is 9.38. The van der Waals surface area contributed by atoms with E-state index < -0.39 is 63.2 Å². The first-order valence-corrected chi connectivity index (χ1v) is 16.7. The van der Waals surface area contributed by atoms with E-state index in [4.69, 9.17) is 32.7 Å². The summed E-state index contributed by atoms with van der Waals surface area (Å²) in [6.45, 7) is -1.26. The zero-order chi connectivity index (χ0) is 33.2. The number of Topliss-reactive ketones (excluding diaryl/α,β-unsaturated/α-hetero) is 1. The Hall–Kier alpha value is -3.83. The summed E-state index contributed by atoms with van der Waals surface area (Å²) in [5.74, 6) is -4.57. The molecule has 0 radical (unpaired) electrons. The highest BCUT2D eigenvalue weighted by atomic mass is 79.9. The maximum Gasteiger partial charge on any atom is 0.343 e. The smallest absolute Gasteiger partial charge is 0.343 e. The Morgan fingerprint density at radius 3 is 1.68 bits per heavy atom. The maximum absolute atomic E-state index is 14.0. The van der Waals surface area contributed by atoms with Crippen LogP contribution in [0.2, 0.25) is 10.0 Å².